The highest BCUT2D eigenvalue weighted by molar-refractivity contribution is 7.45. The molecular weight excluding hydrogens is 986 g/mol. The lowest BCUT2D eigenvalue weighted by atomic mass is 9.71. The Kier molecular flexibility index (Phi) is 14.2. The van der Waals surface area contributed by atoms with Gasteiger partial charge in [0.05, 0.1) is 36.0 Å². The Hall–Kier alpha value is -7.36. The van der Waals surface area contributed by atoms with Crippen LogP contribution in [0.5, 0.6) is 17.2 Å². The molecule has 1 atom stereocenters. The second kappa shape index (κ2) is 20.5. The number of carbonyl (C=O) groups is 4. The van der Waals surface area contributed by atoms with Crippen LogP contribution >= 0.6 is 8.53 Å². The second-order valence-corrected chi connectivity index (χ2v) is 23.6. The highest BCUT2D eigenvalue weighted by Crippen LogP contribution is 2.64. The maximum absolute atomic E-state index is 14.9. The van der Waals surface area contributed by atoms with Crippen LogP contribution in [0.25, 0.3) is 22.3 Å². The molecule has 0 saturated carbocycles. The largest absolute Gasteiger partial charge is 0.456 e. The Morgan fingerprint density at radius 2 is 1.23 bits per heavy atom. The monoisotopic (exact) mass is 1050 g/mol. The van der Waals surface area contributed by atoms with Crippen molar-refractivity contribution in [2.45, 2.75) is 137 Å². The molecule has 0 fully saturated rings. The Bertz CT molecular complexity index is 3230. The lowest BCUT2D eigenvalue weighted by Crippen LogP contribution is -2.51. The van der Waals surface area contributed by atoms with E-state index in [2.05, 4.69) is 71.4 Å². The zero-order chi connectivity index (χ0) is 54.7. The van der Waals surface area contributed by atoms with Gasteiger partial charge >= 0.3 is 14.5 Å². The molecule has 1 unspecified atom stereocenters. The lowest BCUT2D eigenvalue weighted by molar-refractivity contribution is -0.118. The first-order valence-electron chi connectivity index (χ1n) is 26.6. The Balaban J connectivity index is 1.13. The third-order valence-corrected chi connectivity index (χ3v) is 17.5. The van der Waals surface area contributed by atoms with E-state index in [1.54, 1.807) is 32.0 Å². The molecule has 14 heteroatoms. The molecule has 3 amide bonds. The van der Waals surface area contributed by atoms with Gasteiger partial charge in [0, 0.05) is 88.1 Å². The smallest absolute Gasteiger partial charge is 0.340 e. The van der Waals surface area contributed by atoms with E-state index < -0.39 is 31.2 Å². The molecular formula is C63H66N5O8P. The first kappa shape index (κ1) is 53.1. The van der Waals surface area contributed by atoms with Gasteiger partial charge in [0.2, 0.25) is 11.8 Å². The maximum Gasteiger partial charge on any atom is 0.340 e. The van der Waals surface area contributed by atoms with Crippen molar-refractivity contribution in [3.63, 3.8) is 0 Å². The average Bonchev–Trinajstić information content (AvgIpc) is 3.98. The molecule has 4 aliphatic rings. The van der Waals surface area contributed by atoms with Crippen LogP contribution in [0.3, 0.4) is 0 Å². The summed E-state index contributed by atoms with van der Waals surface area (Å²) in [6.45, 7) is 20.3. The van der Waals surface area contributed by atoms with Crippen LogP contribution in [0.4, 0.5) is 11.4 Å². The van der Waals surface area contributed by atoms with Crippen molar-refractivity contribution >= 4 is 43.6 Å². The number of amides is 3. The zero-order valence-corrected chi connectivity index (χ0v) is 46.5. The zero-order valence-electron chi connectivity index (χ0n) is 45.6. The normalized spacial score (nSPS) is 16.6. The number of ether oxygens (including phenoxy) is 2. The van der Waals surface area contributed by atoms with Crippen molar-refractivity contribution < 1.29 is 37.7 Å². The summed E-state index contributed by atoms with van der Waals surface area (Å²) in [5.74, 6) is 0.400. The van der Waals surface area contributed by atoms with Crippen molar-refractivity contribution in [1.29, 1.82) is 5.26 Å². The van der Waals surface area contributed by atoms with Gasteiger partial charge in [-0.05, 0) is 140 Å². The number of nitriles is 1. The van der Waals surface area contributed by atoms with Gasteiger partial charge in [-0.2, -0.15) is 5.26 Å². The molecule has 6 aromatic rings. The molecule has 6 aromatic carbocycles. The van der Waals surface area contributed by atoms with Crippen molar-refractivity contribution in [2.24, 2.45) is 0 Å². The fourth-order valence-corrected chi connectivity index (χ4v) is 13.6. The lowest BCUT2D eigenvalue weighted by Gasteiger charge is -2.48. The van der Waals surface area contributed by atoms with Gasteiger partial charge in [0.15, 0.2) is 5.60 Å². The fourth-order valence-electron chi connectivity index (χ4n) is 12.1. The third kappa shape index (κ3) is 9.34. The molecule has 1 spiro atoms. The minimum absolute atomic E-state index is 0.118. The number of hydrogen-bond donors (Lipinski definition) is 1. The average molecular weight is 1050 g/mol. The number of hydrogen-bond acceptors (Lipinski definition) is 10. The number of rotatable bonds is 13. The van der Waals surface area contributed by atoms with Crippen LogP contribution in [0.1, 0.15) is 143 Å². The third-order valence-electron chi connectivity index (χ3n) is 15.4. The molecule has 4 heterocycles. The van der Waals surface area contributed by atoms with E-state index in [0.717, 1.165) is 50.3 Å². The summed E-state index contributed by atoms with van der Waals surface area (Å²) in [5.41, 5.74) is 6.63. The number of nitrogens with zero attached hydrogens (tertiary/aromatic N) is 4. The Labute approximate surface area is 453 Å². The van der Waals surface area contributed by atoms with E-state index >= 15 is 0 Å². The summed E-state index contributed by atoms with van der Waals surface area (Å²) >= 11 is 0. The molecule has 0 aliphatic carbocycles. The van der Waals surface area contributed by atoms with E-state index in [-0.39, 0.29) is 49.4 Å². The molecule has 0 aromatic heterocycles. The molecule has 10 rings (SSSR count). The quantitative estimate of drug-likeness (QED) is 0.0672. The van der Waals surface area contributed by atoms with E-state index in [1.165, 1.54) is 0 Å². The van der Waals surface area contributed by atoms with Crippen LogP contribution < -0.4 is 24.4 Å². The van der Waals surface area contributed by atoms with E-state index in [1.807, 2.05) is 107 Å². The number of benzene rings is 6. The highest BCUT2D eigenvalue weighted by Gasteiger charge is 2.57. The van der Waals surface area contributed by atoms with Crippen molar-refractivity contribution in [3.05, 3.63) is 160 Å². The van der Waals surface area contributed by atoms with Crippen LogP contribution in [0.2, 0.25) is 0 Å². The number of anilines is 2. The van der Waals surface area contributed by atoms with E-state index in [4.69, 9.17) is 18.5 Å². The molecule has 77 heavy (non-hydrogen) atoms. The highest BCUT2D eigenvalue weighted by atomic mass is 31.2. The van der Waals surface area contributed by atoms with Crippen LogP contribution in [-0.4, -0.2) is 58.1 Å². The summed E-state index contributed by atoms with van der Waals surface area (Å²) in [7, 11) is -1.51. The van der Waals surface area contributed by atoms with Gasteiger partial charge < -0.3 is 33.6 Å². The molecule has 0 saturated heterocycles. The van der Waals surface area contributed by atoms with Crippen LogP contribution in [0.15, 0.2) is 115 Å². The SMILES string of the molecule is CC(=O)N1c2c(-c3ccccc3)cc3c(c2CCC1(C)C)Oc1c(cc(-c2ccccc2)c2c1CCC(C)(C)N2C(C)=O)C31OC(=O)c2ccc(C(=O)NCc3ccc(OP(OCCC#N)N(C(C)C)C(C)C)cc3)cc21. The Morgan fingerprint density at radius 3 is 1.71 bits per heavy atom. The molecule has 1 N–H and O–H groups in total. The Morgan fingerprint density at radius 1 is 0.714 bits per heavy atom. The van der Waals surface area contributed by atoms with Gasteiger partial charge in [-0.15, -0.1) is 0 Å². The number of fused-ring (bicyclic) bond motifs is 10. The maximum atomic E-state index is 14.9. The van der Waals surface area contributed by atoms with Crippen LogP contribution in [0, 0.1) is 11.3 Å². The van der Waals surface area contributed by atoms with Crippen molar-refractivity contribution in [2.75, 3.05) is 16.4 Å². The molecule has 0 bridgehead atoms. The second-order valence-electron chi connectivity index (χ2n) is 22.2. The minimum atomic E-state index is -1.67. The molecule has 13 nitrogen and oxygen atoms in total. The van der Waals surface area contributed by atoms with Crippen molar-refractivity contribution in [1.82, 2.24) is 9.99 Å². The number of carbonyl (C=O) groups excluding carboxylic acids is 4. The summed E-state index contributed by atoms with van der Waals surface area (Å²) in [5, 5.41) is 12.3. The van der Waals surface area contributed by atoms with Gasteiger partial charge in [0.25, 0.3) is 5.91 Å². The summed E-state index contributed by atoms with van der Waals surface area (Å²) < 4.78 is 29.2. The molecule has 0 radical (unpaired) electrons. The predicted molar refractivity (Wildman–Crippen MR) is 300 cm³/mol. The van der Waals surface area contributed by atoms with Gasteiger partial charge in [-0.1, -0.05) is 72.8 Å². The summed E-state index contributed by atoms with van der Waals surface area (Å²) in [6, 6.07) is 38.9. The number of esters is 1. The van der Waals surface area contributed by atoms with E-state index in [9.17, 15) is 24.4 Å². The molecule has 396 valence electrons. The first-order valence-corrected chi connectivity index (χ1v) is 27.7. The van der Waals surface area contributed by atoms with Gasteiger partial charge in [0.1, 0.15) is 17.2 Å². The standard InChI is InChI=1S/C63H66N5O8P/c1-38(2)68(39(3)4)77(73-33-17-32-64)76-46-25-22-42(23-26-46)37-65-59(71)45-24-27-47-52(34-45)63(75-60(47)72)53-35-50(43-18-13-11-14-19-43)55-48(28-30-61(7,8)66(55)40(5)69)57(53)74-58-49-29-31-62(9,10)67(41(6)70)56(49)51(36-54(58)63)44-20-15-12-16-21-44/h11-16,18-27,34-36,38-39H,17,28-31,33,37H2,1-10H3,(H,65,71). The number of nitrogens with one attached hydrogen (secondary N) is 1. The topological polar surface area (TPSA) is 151 Å². The van der Waals surface area contributed by atoms with Gasteiger partial charge in [-0.3, -0.25) is 14.4 Å². The van der Waals surface area contributed by atoms with Crippen LogP contribution in [-0.2, 0) is 43.8 Å². The summed E-state index contributed by atoms with van der Waals surface area (Å²) in [6.07, 6.45) is 2.58. The van der Waals surface area contributed by atoms with Crippen molar-refractivity contribution in [3.8, 4) is 45.6 Å². The molecule has 4 aliphatic heterocycles. The van der Waals surface area contributed by atoms with Gasteiger partial charge in [-0.25, -0.2) is 9.46 Å². The first-order chi connectivity index (χ1) is 36.8. The fraction of sp³-hybridized carbons (Fsp3) is 0.349. The summed E-state index contributed by atoms with van der Waals surface area (Å²) in [4.78, 5) is 61.3. The van der Waals surface area contributed by atoms with E-state index in [0.29, 0.717) is 70.7 Å². The minimum Gasteiger partial charge on any atom is -0.456 e. The predicted octanol–water partition coefficient (Wildman–Crippen LogP) is 13.3.